The second kappa shape index (κ2) is 6.61. The van der Waals surface area contributed by atoms with Crippen LogP contribution in [0.25, 0.3) is 5.57 Å². The highest BCUT2D eigenvalue weighted by molar-refractivity contribution is 8.36. The Hall–Kier alpha value is -1.03. The van der Waals surface area contributed by atoms with Gasteiger partial charge in [-0.05, 0) is 48.5 Å². The van der Waals surface area contributed by atoms with E-state index in [9.17, 15) is 5.11 Å². The molecular formula is C17H25NOS. The van der Waals surface area contributed by atoms with E-state index in [1.807, 2.05) is 6.07 Å². The molecule has 1 aromatic carbocycles. The summed E-state index contributed by atoms with van der Waals surface area (Å²) in [5.74, 6) is 0.834. The molecule has 3 heteroatoms. The van der Waals surface area contributed by atoms with Crippen LogP contribution in [0.4, 0.5) is 0 Å². The molecule has 0 saturated carbocycles. The maximum atomic E-state index is 10.2. The van der Waals surface area contributed by atoms with Crippen LogP contribution in [-0.4, -0.2) is 35.4 Å². The third-order valence-electron chi connectivity index (χ3n) is 3.68. The molecule has 0 fully saturated rings. The standard InChI is InChI=1S/C17H25NOS/c1-4-8-17(19)14-20(18(2)3)12-11-16(13-20)15-9-6-5-7-10-15/h5-7,9-13,17,19H,4,8,14H2,1-3H3. The number of allylic oxidation sites excluding steroid dienone is 2. The van der Waals surface area contributed by atoms with Gasteiger partial charge in [0.25, 0.3) is 0 Å². The minimum absolute atomic E-state index is 0.214. The predicted octanol–water partition coefficient (Wildman–Crippen LogP) is 4.00. The first kappa shape index (κ1) is 15.4. The fraction of sp³-hybridized carbons (Fsp3) is 0.412. The number of rotatable bonds is 6. The minimum atomic E-state index is -1.16. The molecule has 2 rings (SSSR count). The van der Waals surface area contributed by atoms with Gasteiger partial charge in [0.05, 0.1) is 6.10 Å². The van der Waals surface area contributed by atoms with Crippen molar-refractivity contribution >= 4 is 15.8 Å². The molecule has 0 amide bonds. The van der Waals surface area contributed by atoms with Gasteiger partial charge in [-0.2, -0.15) is 0 Å². The summed E-state index contributed by atoms with van der Waals surface area (Å²) in [5.41, 5.74) is 2.53. The Kier molecular flexibility index (Phi) is 5.08. The summed E-state index contributed by atoms with van der Waals surface area (Å²) in [5, 5.41) is 14.9. The highest BCUT2D eigenvalue weighted by Gasteiger charge is 2.28. The molecule has 20 heavy (non-hydrogen) atoms. The Morgan fingerprint density at radius 3 is 2.50 bits per heavy atom. The Morgan fingerprint density at radius 1 is 1.20 bits per heavy atom. The quantitative estimate of drug-likeness (QED) is 0.856. The van der Waals surface area contributed by atoms with Crippen LogP contribution in [-0.2, 0) is 0 Å². The third kappa shape index (κ3) is 3.35. The van der Waals surface area contributed by atoms with Gasteiger partial charge in [0.1, 0.15) is 0 Å². The number of aliphatic hydroxyl groups excluding tert-OH is 1. The smallest absolute Gasteiger partial charge is 0.0633 e. The van der Waals surface area contributed by atoms with Crippen LogP contribution in [0.15, 0.2) is 47.2 Å². The summed E-state index contributed by atoms with van der Waals surface area (Å²) < 4.78 is 2.28. The van der Waals surface area contributed by atoms with Gasteiger partial charge in [0, 0.05) is 5.75 Å². The molecule has 2 nitrogen and oxygen atoms in total. The molecule has 0 aliphatic carbocycles. The molecule has 0 saturated heterocycles. The normalized spacial score (nSPS) is 26.4. The second-order valence-electron chi connectivity index (χ2n) is 5.47. The van der Waals surface area contributed by atoms with Crippen LogP contribution in [0.3, 0.4) is 0 Å². The molecule has 1 aliphatic rings. The van der Waals surface area contributed by atoms with Crippen molar-refractivity contribution in [1.29, 1.82) is 0 Å². The average Bonchev–Trinajstić information content (AvgIpc) is 2.85. The summed E-state index contributed by atoms with van der Waals surface area (Å²) >= 11 is 0. The van der Waals surface area contributed by atoms with E-state index in [0.29, 0.717) is 0 Å². The highest BCUT2D eigenvalue weighted by Crippen LogP contribution is 2.58. The first-order valence-corrected chi connectivity index (χ1v) is 9.08. The Labute approximate surface area is 124 Å². The lowest BCUT2D eigenvalue weighted by atomic mass is 10.1. The highest BCUT2D eigenvalue weighted by atomic mass is 32.3. The van der Waals surface area contributed by atoms with E-state index >= 15 is 0 Å². The zero-order valence-corrected chi connectivity index (χ0v) is 13.4. The van der Waals surface area contributed by atoms with E-state index < -0.39 is 10.2 Å². The van der Waals surface area contributed by atoms with Crippen molar-refractivity contribution < 1.29 is 5.11 Å². The first-order valence-electron chi connectivity index (χ1n) is 7.19. The Morgan fingerprint density at radius 2 is 1.90 bits per heavy atom. The number of hydrogen-bond acceptors (Lipinski definition) is 2. The molecule has 0 spiro atoms. The van der Waals surface area contributed by atoms with Crippen LogP contribution in [0.1, 0.15) is 25.3 Å². The van der Waals surface area contributed by atoms with Gasteiger partial charge in [0.15, 0.2) is 0 Å². The van der Waals surface area contributed by atoms with E-state index in [4.69, 9.17) is 0 Å². The molecule has 2 unspecified atom stereocenters. The van der Waals surface area contributed by atoms with Crippen LogP contribution < -0.4 is 0 Å². The van der Waals surface area contributed by atoms with E-state index in [0.717, 1.165) is 18.6 Å². The number of benzene rings is 1. The van der Waals surface area contributed by atoms with Gasteiger partial charge in [0.2, 0.25) is 0 Å². The fourth-order valence-electron chi connectivity index (χ4n) is 2.49. The van der Waals surface area contributed by atoms with Crippen molar-refractivity contribution in [2.45, 2.75) is 25.9 Å². The largest absolute Gasteiger partial charge is 0.392 e. The predicted molar refractivity (Wildman–Crippen MR) is 90.6 cm³/mol. The summed E-state index contributed by atoms with van der Waals surface area (Å²) in [6, 6.07) is 10.5. The molecule has 0 aromatic heterocycles. The molecule has 1 heterocycles. The van der Waals surface area contributed by atoms with Gasteiger partial charge < -0.3 is 5.11 Å². The molecule has 1 aromatic rings. The molecule has 110 valence electrons. The van der Waals surface area contributed by atoms with Crippen molar-refractivity contribution in [3.63, 3.8) is 0 Å². The lowest BCUT2D eigenvalue weighted by Gasteiger charge is -2.40. The van der Waals surface area contributed by atoms with Crippen molar-refractivity contribution in [2.75, 3.05) is 19.8 Å². The van der Waals surface area contributed by atoms with Gasteiger partial charge in [-0.15, -0.1) is 10.2 Å². The van der Waals surface area contributed by atoms with E-state index in [2.05, 4.69) is 66.5 Å². The maximum Gasteiger partial charge on any atom is 0.0633 e. The van der Waals surface area contributed by atoms with Crippen LogP contribution in [0.2, 0.25) is 0 Å². The molecule has 2 atom stereocenters. The van der Waals surface area contributed by atoms with Gasteiger partial charge >= 0.3 is 0 Å². The Balaban J connectivity index is 2.24. The number of hydrogen-bond donors (Lipinski definition) is 1. The summed E-state index contributed by atoms with van der Waals surface area (Å²) in [6.45, 7) is 2.12. The van der Waals surface area contributed by atoms with Gasteiger partial charge in [-0.1, -0.05) is 43.7 Å². The van der Waals surface area contributed by atoms with Crippen molar-refractivity contribution in [2.24, 2.45) is 0 Å². The second-order valence-corrected chi connectivity index (χ2v) is 8.66. The maximum absolute atomic E-state index is 10.2. The zero-order valence-electron chi connectivity index (χ0n) is 12.6. The molecular weight excluding hydrogens is 266 g/mol. The van der Waals surface area contributed by atoms with Crippen LogP contribution >= 0.6 is 10.2 Å². The third-order valence-corrected chi connectivity index (χ3v) is 7.23. The molecule has 1 N–H and O–H groups in total. The van der Waals surface area contributed by atoms with Crippen molar-refractivity contribution in [3.05, 3.63) is 52.8 Å². The first-order chi connectivity index (χ1) is 9.57. The monoisotopic (exact) mass is 291 g/mol. The van der Waals surface area contributed by atoms with E-state index in [1.165, 1.54) is 11.1 Å². The van der Waals surface area contributed by atoms with Crippen LogP contribution in [0.5, 0.6) is 0 Å². The van der Waals surface area contributed by atoms with E-state index in [-0.39, 0.29) is 6.10 Å². The minimum Gasteiger partial charge on any atom is -0.392 e. The van der Waals surface area contributed by atoms with Gasteiger partial charge in [-0.25, -0.2) is 0 Å². The SMILES string of the molecule is CCCC(O)CS1(N(C)C)C=CC(c2ccccc2)=C1. The summed E-state index contributed by atoms with van der Waals surface area (Å²) in [7, 11) is 3.07. The summed E-state index contributed by atoms with van der Waals surface area (Å²) in [4.78, 5) is 0. The fourth-order valence-corrected chi connectivity index (χ4v) is 5.35. The zero-order chi connectivity index (χ0) is 14.6. The number of aliphatic hydroxyl groups is 1. The summed E-state index contributed by atoms with van der Waals surface area (Å²) in [6.07, 6.45) is 3.91. The van der Waals surface area contributed by atoms with Crippen LogP contribution in [0, 0.1) is 0 Å². The van der Waals surface area contributed by atoms with Gasteiger partial charge in [-0.3, -0.25) is 4.31 Å². The average molecular weight is 291 g/mol. The molecule has 0 bridgehead atoms. The molecule has 0 radical (unpaired) electrons. The molecule has 1 aliphatic heterocycles. The van der Waals surface area contributed by atoms with E-state index in [1.54, 1.807) is 0 Å². The lowest BCUT2D eigenvalue weighted by Crippen LogP contribution is -2.25. The lowest BCUT2D eigenvalue weighted by molar-refractivity contribution is 0.187. The van der Waals surface area contributed by atoms with Crippen molar-refractivity contribution in [3.8, 4) is 0 Å². The van der Waals surface area contributed by atoms with Crippen molar-refractivity contribution in [1.82, 2.24) is 4.31 Å². The topological polar surface area (TPSA) is 23.5 Å². The Bertz CT molecular complexity index is 495. The number of nitrogens with zero attached hydrogens (tertiary/aromatic N) is 1.